The van der Waals surface area contributed by atoms with Crippen molar-refractivity contribution in [3.8, 4) is 11.5 Å². The minimum Gasteiger partial charge on any atom is -0.493 e. The Balaban J connectivity index is 1.84. The summed E-state index contributed by atoms with van der Waals surface area (Å²) in [6, 6.07) is 12.9. The van der Waals surface area contributed by atoms with Crippen molar-refractivity contribution in [2.24, 2.45) is 11.1 Å². The second-order valence-corrected chi connectivity index (χ2v) is 5.60. The number of methoxy groups -OCH3 is 1. The third-order valence-corrected chi connectivity index (χ3v) is 3.94. The van der Waals surface area contributed by atoms with Crippen LogP contribution in [0.4, 0.5) is 5.69 Å². The first-order valence-corrected chi connectivity index (χ1v) is 7.55. The maximum Gasteiger partial charge on any atom is 0.244 e. The summed E-state index contributed by atoms with van der Waals surface area (Å²) in [7, 11) is 1.53. The van der Waals surface area contributed by atoms with E-state index in [-0.39, 0.29) is 11.8 Å². The Hall–Kier alpha value is -3.02. The number of carbonyl (C=O) groups is 1. The van der Waals surface area contributed by atoms with Gasteiger partial charge < -0.3 is 20.0 Å². The molecular formula is C18H18N2O4. The highest BCUT2D eigenvalue weighted by molar-refractivity contribution is 6.08. The predicted molar refractivity (Wildman–Crippen MR) is 89.8 cm³/mol. The quantitative estimate of drug-likeness (QED) is 0.671. The van der Waals surface area contributed by atoms with Crippen LogP contribution in [0.3, 0.4) is 0 Å². The summed E-state index contributed by atoms with van der Waals surface area (Å²) in [6.45, 7) is 1.97. The molecule has 1 aliphatic heterocycles. The molecule has 0 bridgehead atoms. The lowest BCUT2D eigenvalue weighted by molar-refractivity contribution is -0.118. The summed E-state index contributed by atoms with van der Waals surface area (Å²) in [4.78, 5) is 12.6. The number of nitrogens with zero attached hydrogens (tertiary/aromatic N) is 1. The molecule has 0 saturated carbocycles. The summed E-state index contributed by atoms with van der Waals surface area (Å²) >= 11 is 0. The fourth-order valence-electron chi connectivity index (χ4n) is 2.64. The highest BCUT2D eigenvalue weighted by atomic mass is 16.5. The molecule has 1 heterocycles. The van der Waals surface area contributed by atoms with E-state index in [0.717, 1.165) is 11.1 Å². The smallest absolute Gasteiger partial charge is 0.244 e. The molecule has 24 heavy (non-hydrogen) atoms. The van der Waals surface area contributed by atoms with Crippen LogP contribution in [0.15, 0.2) is 47.6 Å². The van der Waals surface area contributed by atoms with Crippen molar-refractivity contribution in [2.75, 3.05) is 12.4 Å². The Kier molecular flexibility index (Phi) is 4.37. The van der Waals surface area contributed by atoms with Gasteiger partial charge in [-0.1, -0.05) is 35.0 Å². The molecule has 1 aliphatic rings. The maximum absolute atomic E-state index is 12.6. The number of hydrogen-bond acceptors (Lipinski definition) is 5. The van der Waals surface area contributed by atoms with Gasteiger partial charge in [0.1, 0.15) is 5.92 Å². The van der Waals surface area contributed by atoms with Gasteiger partial charge in [-0.05, 0) is 31.5 Å². The number of amides is 1. The predicted octanol–water partition coefficient (Wildman–Crippen LogP) is 2.98. The molecule has 6 heteroatoms. The second kappa shape index (κ2) is 6.62. The lowest BCUT2D eigenvalue weighted by atomic mass is 9.94. The molecule has 2 aromatic rings. The lowest BCUT2D eigenvalue weighted by Crippen LogP contribution is -2.37. The van der Waals surface area contributed by atoms with Gasteiger partial charge in [-0.15, -0.1) is 0 Å². The number of ether oxygens (including phenoxy) is 2. The van der Waals surface area contributed by atoms with E-state index in [2.05, 4.69) is 10.5 Å². The molecule has 1 unspecified atom stereocenters. The molecule has 0 spiro atoms. The van der Waals surface area contributed by atoms with E-state index in [1.165, 1.54) is 7.11 Å². The molecule has 1 atom stereocenters. The molecule has 2 aromatic carbocycles. The van der Waals surface area contributed by atoms with Crippen LogP contribution in [0.1, 0.15) is 11.1 Å². The number of fused-ring (bicyclic) bond motifs is 1. The van der Waals surface area contributed by atoms with E-state index in [1.54, 1.807) is 6.07 Å². The molecule has 0 fully saturated rings. The normalized spacial score (nSPS) is 17.8. The molecule has 2 N–H and O–H groups in total. The highest BCUT2D eigenvalue weighted by Gasteiger charge is 2.34. The van der Waals surface area contributed by atoms with Gasteiger partial charge in [0.25, 0.3) is 0 Å². The number of para-hydroxylation sites is 1. The molecule has 0 aliphatic carbocycles. The van der Waals surface area contributed by atoms with Gasteiger partial charge in [0, 0.05) is 11.3 Å². The molecular weight excluding hydrogens is 308 g/mol. The molecule has 6 nitrogen and oxygen atoms in total. The van der Waals surface area contributed by atoms with Crippen LogP contribution in [0, 0.1) is 12.8 Å². The molecule has 1 amide bonds. The number of benzene rings is 2. The first-order valence-electron chi connectivity index (χ1n) is 7.55. The Bertz CT molecular complexity index is 784. The number of oxime groups is 1. The van der Waals surface area contributed by atoms with Crippen LogP contribution in [0.2, 0.25) is 0 Å². The van der Waals surface area contributed by atoms with Crippen molar-refractivity contribution in [1.29, 1.82) is 0 Å². The summed E-state index contributed by atoms with van der Waals surface area (Å²) < 4.78 is 10.9. The van der Waals surface area contributed by atoms with E-state index >= 15 is 0 Å². The van der Waals surface area contributed by atoms with Gasteiger partial charge in [-0.3, -0.25) is 4.79 Å². The van der Waals surface area contributed by atoms with Gasteiger partial charge >= 0.3 is 0 Å². The third kappa shape index (κ3) is 3.03. The Morgan fingerprint density at radius 2 is 2.04 bits per heavy atom. The largest absolute Gasteiger partial charge is 0.493 e. The monoisotopic (exact) mass is 326 g/mol. The Morgan fingerprint density at radius 1 is 1.29 bits per heavy atom. The zero-order valence-electron chi connectivity index (χ0n) is 13.4. The molecule has 124 valence electrons. The average Bonchev–Trinajstić information content (AvgIpc) is 2.61. The SMILES string of the molecule is COc1cccc2c1OC(=NO)C(C(=O)Nc1ccc(C)cc1)C2. The zero-order chi connectivity index (χ0) is 17.1. The minimum absolute atomic E-state index is 0.0448. The zero-order valence-corrected chi connectivity index (χ0v) is 13.4. The summed E-state index contributed by atoms with van der Waals surface area (Å²) in [5.74, 6) is -0.0362. The van der Waals surface area contributed by atoms with E-state index in [4.69, 9.17) is 9.47 Å². The lowest BCUT2D eigenvalue weighted by Gasteiger charge is -2.26. The van der Waals surface area contributed by atoms with Crippen molar-refractivity contribution in [3.05, 3.63) is 53.6 Å². The first kappa shape index (κ1) is 15.9. The van der Waals surface area contributed by atoms with Gasteiger partial charge in [-0.25, -0.2) is 0 Å². The average molecular weight is 326 g/mol. The fraction of sp³-hybridized carbons (Fsp3) is 0.222. The standard InChI is InChI=1S/C18H18N2O4/c1-11-6-8-13(9-7-11)19-17(21)14-10-12-4-3-5-15(23-2)16(12)24-18(14)20-22/h3-9,14,22H,10H2,1-2H3,(H,19,21). The minimum atomic E-state index is -0.712. The van der Waals surface area contributed by atoms with Gasteiger partial charge in [0.15, 0.2) is 11.5 Å². The van der Waals surface area contributed by atoms with Crippen molar-refractivity contribution in [3.63, 3.8) is 0 Å². The molecule has 0 radical (unpaired) electrons. The van der Waals surface area contributed by atoms with Gasteiger partial charge in [0.05, 0.1) is 7.11 Å². The fourth-order valence-corrected chi connectivity index (χ4v) is 2.64. The van der Waals surface area contributed by atoms with E-state index < -0.39 is 5.92 Å². The number of nitrogens with one attached hydrogen (secondary N) is 1. The second-order valence-electron chi connectivity index (χ2n) is 5.60. The maximum atomic E-state index is 12.6. The summed E-state index contributed by atoms with van der Waals surface area (Å²) in [6.07, 6.45) is 0.365. The first-order chi connectivity index (χ1) is 11.6. The highest BCUT2D eigenvalue weighted by Crippen LogP contribution is 2.37. The summed E-state index contributed by atoms with van der Waals surface area (Å²) in [5, 5.41) is 15.2. The Labute approximate surface area is 139 Å². The van der Waals surface area contributed by atoms with Crippen LogP contribution in [-0.2, 0) is 11.2 Å². The Morgan fingerprint density at radius 3 is 2.71 bits per heavy atom. The number of aryl methyl sites for hydroxylation is 1. The topological polar surface area (TPSA) is 80.2 Å². The van der Waals surface area contributed by atoms with Crippen LogP contribution in [0.25, 0.3) is 0 Å². The van der Waals surface area contributed by atoms with Crippen LogP contribution >= 0.6 is 0 Å². The van der Waals surface area contributed by atoms with Crippen LogP contribution in [0.5, 0.6) is 11.5 Å². The van der Waals surface area contributed by atoms with Crippen molar-refractivity contribution in [1.82, 2.24) is 0 Å². The molecule has 0 aromatic heterocycles. The molecule has 0 saturated heterocycles. The van der Waals surface area contributed by atoms with Crippen molar-refractivity contribution < 1.29 is 19.5 Å². The number of rotatable bonds is 3. The van der Waals surface area contributed by atoms with E-state index in [1.807, 2.05) is 43.3 Å². The van der Waals surface area contributed by atoms with E-state index in [9.17, 15) is 10.0 Å². The number of hydrogen-bond donors (Lipinski definition) is 2. The van der Waals surface area contributed by atoms with Crippen molar-refractivity contribution >= 4 is 17.5 Å². The van der Waals surface area contributed by atoms with Crippen LogP contribution in [-0.4, -0.2) is 24.1 Å². The van der Waals surface area contributed by atoms with Gasteiger partial charge in [0.2, 0.25) is 11.8 Å². The summed E-state index contributed by atoms with van der Waals surface area (Å²) in [5.41, 5.74) is 2.61. The van der Waals surface area contributed by atoms with Crippen LogP contribution < -0.4 is 14.8 Å². The van der Waals surface area contributed by atoms with Crippen molar-refractivity contribution in [2.45, 2.75) is 13.3 Å². The number of carbonyl (C=O) groups excluding carboxylic acids is 1. The number of anilines is 1. The van der Waals surface area contributed by atoms with Gasteiger partial charge in [-0.2, -0.15) is 0 Å². The third-order valence-electron chi connectivity index (χ3n) is 3.94. The van der Waals surface area contributed by atoms with E-state index in [0.29, 0.717) is 23.6 Å². The molecule has 3 rings (SSSR count).